The van der Waals surface area contributed by atoms with Crippen LogP contribution in [0.2, 0.25) is 0 Å². The smallest absolute Gasteiger partial charge is 0.263 e. The van der Waals surface area contributed by atoms with Crippen molar-refractivity contribution in [2.24, 2.45) is 0 Å². The molecular formula is C21H24N4O2S. The number of aromatic nitrogens is 2. The normalized spacial score (nSPS) is 13.0. The molecule has 0 saturated carbocycles. The Kier molecular flexibility index (Phi) is 4.93. The number of likely N-dealkylation sites (N-methyl/N-ethyl adjacent to an activating group) is 2. The molecule has 0 atom stereocenters. The van der Waals surface area contributed by atoms with Gasteiger partial charge in [0.1, 0.15) is 5.65 Å². The molecule has 6 nitrogen and oxygen atoms in total. The highest BCUT2D eigenvalue weighted by atomic mass is 32.1. The molecule has 0 fully saturated rings. The predicted octanol–water partition coefficient (Wildman–Crippen LogP) is 3.04. The fourth-order valence-corrected chi connectivity index (χ4v) is 4.83. The van der Waals surface area contributed by atoms with Crippen LogP contribution in [0.5, 0.6) is 0 Å². The van der Waals surface area contributed by atoms with Gasteiger partial charge in [0.2, 0.25) is 0 Å². The third kappa shape index (κ3) is 3.42. The van der Waals surface area contributed by atoms with Crippen LogP contribution >= 0.6 is 11.3 Å². The molecule has 3 heterocycles. The van der Waals surface area contributed by atoms with Crippen molar-refractivity contribution < 1.29 is 9.59 Å². The van der Waals surface area contributed by atoms with Gasteiger partial charge in [-0.25, -0.2) is 4.98 Å². The molecule has 0 N–H and O–H groups in total. The van der Waals surface area contributed by atoms with E-state index in [4.69, 9.17) is 0 Å². The highest BCUT2D eigenvalue weighted by Crippen LogP contribution is 2.31. The summed E-state index contributed by atoms with van der Waals surface area (Å²) in [6.45, 7) is 2.95. The number of pyridine rings is 1. The Morgan fingerprint density at radius 1 is 1.14 bits per heavy atom. The second kappa shape index (κ2) is 7.39. The van der Waals surface area contributed by atoms with E-state index < -0.39 is 0 Å². The third-order valence-electron chi connectivity index (χ3n) is 5.37. The van der Waals surface area contributed by atoms with Gasteiger partial charge in [0.05, 0.1) is 4.88 Å². The minimum Gasteiger partial charge on any atom is -0.340 e. The molecule has 4 rings (SSSR count). The lowest BCUT2D eigenvalue weighted by Crippen LogP contribution is -2.37. The van der Waals surface area contributed by atoms with E-state index >= 15 is 0 Å². The molecule has 0 unspecified atom stereocenters. The summed E-state index contributed by atoms with van der Waals surface area (Å²) in [5, 5.41) is 0. The average molecular weight is 397 g/mol. The Morgan fingerprint density at radius 3 is 2.64 bits per heavy atom. The van der Waals surface area contributed by atoms with Crippen molar-refractivity contribution in [3.63, 3.8) is 0 Å². The second-order valence-corrected chi connectivity index (χ2v) is 8.55. The van der Waals surface area contributed by atoms with Crippen molar-refractivity contribution in [3.8, 4) is 0 Å². The minimum atomic E-state index is -0.0703. The zero-order chi connectivity index (χ0) is 19.8. The Bertz CT molecular complexity index is 1030. The number of hydrogen-bond donors (Lipinski definition) is 0. The molecule has 1 aliphatic carbocycles. The molecule has 0 aliphatic heterocycles. The number of carbonyl (C=O) groups excluding carboxylic acids is 2. The van der Waals surface area contributed by atoms with Gasteiger partial charge in [0.25, 0.3) is 11.8 Å². The maximum atomic E-state index is 12.7. The van der Waals surface area contributed by atoms with Gasteiger partial charge in [-0.3, -0.25) is 9.59 Å². The monoisotopic (exact) mass is 396 g/mol. The summed E-state index contributed by atoms with van der Waals surface area (Å²) >= 11 is 1.62. The molecule has 3 aromatic heterocycles. The molecule has 7 heteroatoms. The number of amides is 2. The predicted molar refractivity (Wildman–Crippen MR) is 110 cm³/mol. The highest BCUT2D eigenvalue weighted by molar-refractivity contribution is 7.14. The molecule has 0 saturated heterocycles. The van der Waals surface area contributed by atoms with Crippen LogP contribution in [-0.4, -0.2) is 58.2 Å². The molecule has 28 heavy (non-hydrogen) atoms. The summed E-state index contributed by atoms with van der Waals surface area (Å²) in [4.78, 5) is 35.2. The SMILES string of the molecule is Cc1cnc2cc(C(=O)N(C)CCN(C)C(=O)c3cc4c(s3)CCC4)ccn12. The van der Waals surface area contributed by atoms with E-state index in [1.54, 1.807) is 47.5 Å². The molecular weight excluding hydrogens is 372 g/mol. The van der Waals surface area contributed by atoms with Gasteiger partial charge in [-0.05, 0) is 49.9 Å². The van der Waals surface area contributed by atoms with Crippen LogP contribution < -0.4 is 0 Å². The number of imidazole rings is 1. The van der Waals surface area contributed by atoms with Crippen LogP contribution in [0.4, 0.5) is 0 Å². The van der Waals surface area contributed by atoms with Gasteiger partial charge >= 0.3 is 0 Å². The van der Waals surface area contributed by atoms with Gasteiger partial charge in [-0.15, -0.1) is 11.3 Å². The summed E-state index contributed by atoms with van der Waals surface area (Å²) in [7, 11) is 3.56. The quantitative estimate of drug-likeness (QED) is 0.666. The van der Waals surface area contributed by atoms with Crippen molar-refractivity contribution in [1.82, 2.24) is 19.2 Å². The molecule has 0 spiro atoms. The topological polar surface area (TPSA) is 57.9 Å². The molecule has 0 radical (unpaired) electrons. The first kappa shape index (κ1) is 18.7. The Morgan fingerprint density at radius 2 is 1.89 bits per heavy atom. The van der Waals surface area contributed by atoms with Gasteiger partial charge in [0.15, 0.2) is 0 Å². The molecule has 3 aromatic rings. The lowest BCUT2D eigenvalue weighted by Gasteiger charge is -2.22. The van der Waals surface area contributed by atoms with Gasteiger partial charge in [0, 0.05) is 55.7 Å². The number of hydrogen-bond acceptors (Lipinski definition) is 4. The number of aryl methyl sites for hydroxylation is 3. The van der Waals surface area contributed by atoms with E-state index in [0.717, 1.165) is 29.1 Å². The second-order valence-electron chi connectivity index (χ2n) is 7.41. The van der Waals surface area contributed by atoms with E-state index in [-0.39, 0.29) is 11.8 Å². The zero-order valence-corrected chi connectivity index (χ0v) is 17.3. The van der Waals surface area contributed by atoms with Crippen molar-refractivity contribution >= 4 is 28.8 Å². The molecule has 0 bridgehead atoms. The third-order valence-corrected chi connectivity index (χ3v) is 6.59. The fraction of sp³-hybridized carbons (Fsp3) is 0.381. The Labute approximate surface area is 168 Å². The first-order valence-electron chi connectivity index (χ1n) is 9.50. The average Bonchev–Trinajstić information content (AvgIpc) is 3.39. The first-order valence-corrected chi connectivity index (χ1v) is 10.3. The summed E-state index contributed by atoms with van der Waals surface area (Å²) in [6.07, 6.45) is 7.02. The Balaban J connectivity index is 1.37. The van der Waals surface area contributed by atoms with E-state index in [2.05, 4.69) is 4.98 Å². The molecule has 0 aromatic carbocycles. The molecule has 2 amide bonds. The first-order chi connectivity index (χ1) is 13.4. The lowest BCUT2D eigenvalue weighted by molar-refractivity contribution is 0.0721. The van der Waals surface area contributed by atoms with Crippen LogP contribution in [0.25, 0.3) is 5.65 Å². The summed E-state index contributed by atoms with van der Waals surface area (Å²) in [6, 6.07) is 5.65. The van der Waals surface area contributed by atoms with Gasteiger partial charge < -0.3 is 14.2 Å². The van der Waals surface area contributed by atoms with Crippen LogP contribution in [-0.2, 0) is 12.8 Å². The molecule has 146 valence electrons. The number of fused-ring (bicyclic) bond motifs is 2. The summed E-state index contributed by atoms with van der Waals surface area (Å²) < 4.78 is 1.95. The van der Waals surface area contributed by atoms with Gasteiger partial charge in [-0.1, -0.05) is 0 Å². The minimum absolute atomic E-state index is 0.0366. The van der Waals surface area contributed by atoms with Crippen LogP contribution in [0.3, 0.4) is 0 Å². The number of rotatable bonds is 5. The van der Waals surface area contributed by atoms with Crippen LogP contribution in [0.15, 0.2) is 30.6 Å². The maximum Gasteiger partial charge on any atom is 0.263 e. The number of thiophene rings is 1. The lowest BCUT2D eigenvalue weighted by atomic mass is 10.2. The van der Waals surface area contributed by atoms with E-state index in [1.807, 2.05) is 29.7 Å². The number of carbonyl (C=O) groups is 2. The van der Waals surface area contributed by atoms with Crippen LogP contribution in [0, 0.1) is 6.92 Å². The maximum absolute atomic E-state index is 12.7. The van der Waals surface area contributed by atoms with Crippen molar-refractivity contribution in [1.29, 1.82) is 0 Å². The molecule has 1 aliphatic rings. The largest absolute Gasteiger partial charge is 0.340 e. The van der Waals surface area contributed by atoms with E-state index in [1.165, 1.54) is 16.9 Å². The van der Waals surface area contributed by atoms with E-state index in [0.29, 0.717) is 18.7 Å². The zero-order valence-electron chi connectivity index (χ0n) is 16.4. The van der Waals surface area contributed by atoms with Crippen molar-refractivity contribution in [2.75, 3.05) is 27.2 Å². The Hall–Kier alpha value is -2.67. The highest BCUT2D eigenvalue weighted by Gasteiger charge is 2.21. The number of nitrogens with zero attached hydrogens (tertiary/aromatic N) is 4. The van der Waals surface area contributed by atoms with Crippen LogP contribution in [0.1, 0.15) is 42.6 Å². The van der Waals surface area contributed by atoms with E-state index in [9.17, 15) is 9.59 Å². The summed E-state index contributed by atoms with van der Waals surface area (Å²) in [5.74, 6) is -0.0337. The van der Waals surface area contributed by atoms with Crippen molar-refractivity contribution in [3.05, 3.63) is 57.2 Å². The standard InChI is InChI=1S/C21H24N4O2S/c1-14-13-22-19-12-16(7-8-25(14)19)20(26)23(2)9-10-24(3)21(27)18-11-15-5-4-6-17(15)28-18/h7-8,11-13H,4-6,9-10H2,1-3H3. The summed E-state index contributed by atoms with van der Waals surface area (Å²) in [5.41, 5.74) is 3.72. The van der Waals surface area contributed by atoms with Gasteiger partial charge in [-0.2, -0.15) is 0 Å². The van der Waals surface area contributed by atoms with Crippen molar-refractivity contribution in [2.45, 2.75) is 26.2 Å². The fourth-order valence-electron chi connectivity index (χ4n) is 3.59.